The quantitative estimate of drug-likeness (QED) is 0.558. The van der Waals surface area contributed by atoms with E-state index in [9.17, 15) is 4.39 Å². The van der Waals surface area contributed by atoms with E-state index in [1.54, 1.807) is 6.92 Å². The Morgan fingerprint density at radius 3 is 1.90 bits per heavy atom. The molecule has 0 aromatic rings. The topological polar surface area (TPSA) is 0 Å². The number of halogens is 1. The monoisotopic (exact) mass is 144 g/mol. The third-order valence-electron chi connectivity index (χ3n) is 2.71. The first-order valence-electron chi connectivity index (χ1n) is 4.06. The summed E-state index contributed by atoms with van der Waals surface area (Å²) in [7, 11) is 0. The predicted molar refractivity (Wildman–Crippen MR) is 41.7 cm³/mol. The fourth-order valence-corrected chi connectivity index (χ4v) is 1.87. The Morgan fingerprint density at radius 2 is 1.80 bits per heavy atom. The van der Waals surface area contributed by atoms with Gasteiger partial charge in [-0.15, -0.1) is 0 Å². The van der Waals surface area contributed by atoms with Crippen molar-refractivity contribution in [2.75, 3.05) is 0 Å². The average Bonchev–Trinajstić information content (AvgIpc) is 2.01. The highest BCUT2D eigenvalue weighted by molar-refractivity contribution is 5.11. The molecule has 1 saturated carbocycles. The van der Waals surface area contributed by atoms with E-state index in [-0.39, 0.29) is 5.41 Å². The van der Waals surface area contributed by atoms with Crippen LogP contribution in [0.3, 0.4) is 0 Å². The Kier molecular flexibility index (Phi) is 1.57. The van der Waals surface area contributed by atoms with Gasteiger partial charge in [0, 0.05) is 5.41 Å². The molecule has 60 valence electrons. The summed E-state index contributed by atoms with van der Waals surface area (Å²) in [6.45, 7) is 8.07. The largest absolute Gasteiger partial charge is 0.244 e. The van der Waals surface area contributed by atoms with Crippen LogP contribution in [0.2, 0.25) is 0 Å². The number of hydrogen-bond donors (Lipinski definition) is 0. The number of hydrogen-bond acceptors (Lipinski definition) is 0. The second-order valence-corrected chi connectivity index (χ2v) is 4.53. The zero-order valence-corrected chi connectivity index (χ0v) is 7.37. The fourth-order valence-electron chi connectivity index (χ4n) is 1.87. The van der Waals surface area contributed by atoms with E-state index in [0.717, 1.165) is 12.8 Å². The molecule has 1 aliphatic carbocycles. The van der Waals surface area contributed by atoms with Crippen LogP contribution in [0.5, 0.6) is 0 Å². The molecule has 0 bridgehead atoms. The van der Waals surface area contributed by atoms with Gasteiger partial charge >= 0.3 is 0 Å². The molecular weight excluding hydrogens is 127 g/mol. The standard InChI is InChI=1S/C9H17F/c1-7(2)5-8(3)6-9(8,4)10/h7H,5-6H2,1-4H3/t8-,9?/m1/s1. The van der Waals surface area contributed by atoms with Gasteiger partial charge in [0.1, 0.15) is 5.67 Å². The molecule has 0 radical (unpaired) electrons. The van der Waals surface area contributed by atoms with Crippen molar-refractivity contribution in [1.82, 2.24) is 0 Å². The van der Waals surface area contributed by atoms with E-state index in [0.29, 0.717) is 5.92 Å². The smallest absolute Gasteiger partial charge is 0.114 e. The summed E-state index contributed by atoms with van der Waals surface area (Å²) in [4.78, 5) is 0. The van der Waals surface area contributed by atoms with Crippen molar-refractivity contribution < 1.29 is 4.39 Å². The van der Waals surface area contributed by atoms with E-state index < -0.39 is 5.67 Å². The summed E-state index contributed by atoms with van der Waals surface area (Å²) in [5.41, 5.74) is -0.863. The lowest BCUT2D eigenvalue weighted by molar-refractivity contribution is 0.233. The zero-order valence-electron chi connectivity index (χ0n) is 7.37. The molecule has 10 heavy (non-hydrogen) atoms. The summed E-state index contributed by atoms with van der Waals surface area (Å²) in [6, 6.07) is 0. The Balaban J connectivity index is 2.44. The van der Waals surface area contributed by atoms with Crippen molar-refractivity contribution in [2.45, 2.75) is 46.2 Å². The molecule has 1 rings (SSSR count). The minimum absolute atomic E-state index is 0.00116. The molecular formula is C9H17F. The summed E-state index contributed by atoms with van der Waals surface area (Å²) in [5.74, 6) is 0.627. The molecule has 1 fully saturated rings. The first-order chi connectivity index (χ1) is 4.37. The zero-order chi connectivity index (χ0) is 7.99. The van der Waals surface area contributed by atoms with Crippen molar-refractivity contribution in [1.29, 1.82) is 0 Å². The third kappa shape index (κ3) is 1.18. The van der Waals surface area contributed by atoms with Gasteiger partial charge in [-0.2, -0.15) is 0 Å². The highest BCUT2D eigenvalue weighted by atomic mass is 19.1. The van der Waals surface area contributed by atoms with E-state index in [4.69, 9.17) is 0 Å². The van der Waals surface area contributed by atoms with E-state index in [2.05, 4.69) is 13.8 Å². The molecule has 0 aromatic carbocycles. The fraction of sp³-hybridized carbons (Fsp3) is 1.00. The van der Waals surface area contributed by atoms with Gasteiger partial charge in [-0.3, -0.25) is 0 Å². The second-order valence-electron chi connectivity index (χ2n) is 4.53. The van der Waals surface area contributed by atoms with Gasteiger partial charge in [0.2, 0.25) is 0 Å². The maximum atomic E-state index is 13.2. The Labute approximate surface area is 62.8 Å². The van der Waals surface area contributed by atoms with Crippen LogP contribution in [0.25, 0.3) is 0 Å². The molecule has 1 unspecified atom stereocenters. The summed E-state index contributed by atoms with van der Waals surface area (Å²) < 4.78 is 13.2. The van der Waals surface area contributed by atoms with Gasteiger partial charge in [-0.05, 0) is 25.7 Å². The molecule has 0 nitrogen and oxygen atoms in total. The van der Waals surface area contributed by atoms with Crippen molar-refractivity contribution in [2.24, 2.45) is 11.3 Å². The number of rotatable bonds is 2. The second kappa shape index (κ2) is 1.96. The molecule has 0 aliphatic heterocycles. The maximum absolute atomic E-state index is 13.2. The molecule has 0 amide bonds. The molecule has 0 saturated heterocycles. The summed E-state index contributed by atoms with van der Waals surface area (Å²) >= 11 is 0. The van der Waals surface area contributed by atoms with Crippen LogP contribution >= 0.6 is 0 Å². The van der Waals surface area contributed by atoms with Crippen LogP contribution in [0.4, 0.5) is 4.39 Å². The maximum Gasteiger partial charge on any atom is 0.114 e. The van der Waals surface area contributed by atoms with Crippen molar-refractivity contribution in [3.05, 3.63) is 0 Å². The summed E-state index contributed by atoms with van der Waals surface area (Å²) in [6.07, 6.45) is 1.79. The first kappa shape index (κ1) is 8.03. The van der Waals surface area contributed by atoms with E-state index >= 15 is 0 Å². The van der Waals surface area contributed by atoms with E-state index in [1.165, 1.54) is 0 Å². The Hall–Kier alpha value is -0.0700. The van der Waals surface area contributed by atoms with Crippen molar-refractivity contribution >= 4 is 0 Å². The molecule has 0 aromatic heterocycles. The van der Waals surface area contributed by atoms with Crippen molar-refractivity contribution in [3.63, 3.8) is 0 Å². The van der Waals surface area contributed by atoms with Gasteiger partial charge in [-0.1, -0.05) is 20.8 Å². The van der Waals surface area contributed by atoms with Gasteiger partial charge in [0.25, 0.3) is 0 Å². The minimum Gasteiger partial charge on any atom is -0.244 e. The molecule has 0 N–H and O–H groups in total. The molecule has 2 atom stereocenters. The van der Waals surface area contributed by atoms with Crippen LogP contribution in [-0.4, -0.2) is 5.67 Å². The third-order valence-corrected chi connectivity index (χ3v) is 2.71. The highest BCUT2D eigenvalue weighted by Crippen LogP contribution is 2.61. The predicted octanol–water partition coefficient (Wildman–Crippen LogP) is 3.17. The lowest BCUT2D eigenvalue weighted by Crippen LogP contribution is -2.10. The van der Waals surface area contributed by atoms with Gasteiger partial charge in [0.15, 0.2) is 0 Å². The Morgan fingerprint density at radius 1 is 1.40 bits per heavy atom. The van der Waals surface area contributed by atoms with Gasteiger partial charge in [-0.25, -0.2) is 4.39 Å². The SMILES string of the molecule is CC(C)C[C@]1(C)CC1(C)F. The van der Waals surface area contributed by atoms with Crippen LogP contribution in [0.15, 0.2) is 0 Å². The van der Waals surface area contributed by atoms with Crippen LogP contribution in [-0.2, 0) is 0 Å². The lowest BCUT2D eigenvalue weighted by Gasteiger charge is -2.14. The minimum atomic E-state index is -0.864. The first-order valence-corrected chi connectivity index (χ1v) is 4.06. The Bertz CT molecular complexity index is 138. The summed E-state index contributed by atoms with van der Waals surface area (Å²) in [5, 5.41) is 0. The van der Waals surface area contributed by atoms with Gasteiger partial charge in [0.05, 0.1) is 0 Å². The molecule has 1 aliphatic rings. The lowest BCUT2D eigenvalue weighted by atomic mass is 9.93. The molecule has 0 spiro atoms. The molecule has 1 heteroatoms. The van der Waals surface area contributed by atoms with Crippen LogP contribution in [0.1, 0.15) is 40.5 Å². The highest BCUT2D eigenvalue weighted by Gasteiger charge is 2.61. The van der Waals surface area contributed by atoms with E-state index in [1.807, 2.05) is 6.92 Å². The van der Waals surface area contributed by atoms with Crippen LogP contribution in [0, 0.1) is 11.3 Å². The van der Waals surface area contributed by atoms with Crippen LogP contribution < -0.4 is 0 Å². The van der Waals surface area contributed by atoms with Crippen molar-refractivity contribution in [3.8, 4) is 0 Å². The number of alkyl halides is 1. The normalized spacial score (nSPS) is 46.2. The van der Waals surface area contributed by atoms with Gasteiger partial charge < -0.3 is 0 Å². The average molecular weight is 144 g/mol. The molecule has 0 heterocycles.